The number of hydrazine groups is 1. The lowest BCUT2D eigenvalue weighted by atomic mass is 10.2. The fourth-order valence-corrected chi connectivity index (χ4v) is 2.18. The van der Waals surface area contributed by atoms with Crippen molar-refractivity contribution in [1.29, 1.82) is 0 Å². The van der Waals surface area contributed by atoms with Crippen molar-refractivity contribution >= 4 is 27.5 Å². The quantitative estimate of drug-likeness (QED) is 0.826. The number of aryl methyl sites for hydroxylation is 1. The molecular weight excluding hydrogens is 318 g/mol. The minimum absolute atomic E-state index is 0.108. The van der Waals surface area contributed by atoms with Gasteiger partial charge < -0.3 is 4.57 Å². The Bertz CT molecular complexity index is 634. The lowest BCUT2D eigenvalue weighted by molar-refractivity contribution is -0.121. The van der Waals surface area contributed by atoms with Crippen molar-refractivity contribution in [3.63, 3.8) is 0 Å². The Morgan fingerprint density at radius 3 is 2.75 bits per heavy atom. The summed E-state index contributed by atoms with van der Waals surface area (Å²) in [6.07, 6.45) is 2.23. The molecule has 0 aliphatic heterocycles. The van der Waals surface area contributed by atoms with Crippen LogP contribution >= 0.6 is 15.9 Å². The number of rotatable bonds is 5. The fraction of sp³-hybridized carbons (Fsp3) is 0.133. The van der Waals surface area contributed by atoms with Crippen LogP contribution in [0.5, 0.6) is 0 Å². The molecule has 2 N–H and O–H groups in total. The van der Waals surface area contributed by atoms with Crippen LogP contribution in [0.4, 0.5) is 0 Å². The van der Waals surface area contributed by atoms with Gasteiger partial charge in [-0.05, 0) is 29.8 Å². The first kappa shape index (κ1) is 14.4. The van der Waals surface area contributed by atoms with Gasteiger partial charge in [-0.2, -0.15) is 0 Å². The van der Waals surface area contributed by atoms with Crippen LogP contribution in [0.15, 0.2) is 53.6 Å². The second-order valence-corrected chi connectivity index (χ2v) is 5.36. The van der Waals surface area contributed by atoms with E-state index in [-0.39, 0.29) is 5.91 Å². The Morgan fingerprint density at radius 1 is 1.30 bits per heavy atom. The van der Waals surface area contributed by atoms with Crippen LogP contribution in [0.3, 0.4) is 0 Å². The molecule has 0 spiro atoms. The first-order valence-electron chi connectivity index (χ1n) is 6.16. The van der Waals surface area contributed by atoms with E-state index in [0.717, 1.165) is 15.7 Å². The molecule has 1 amide bonds. The summed E-state index contributed by atoms with van der Waals surface area (Å²) < 4.78 is 2.89. The molecule has 0 atom stereocenters. The standard InChI is InChI=1S/C15H16BrN3O/c1-11(12-5-3-6-13(16)9-12)17-18-15(20)10-14-7-4-8-19(14)2/h3-9,17H,1,10H2,2H3,(H,18,20). The van der Waals surface area contributed by atoms with Crippen molar-refractivity contribution < 1.29 is 4.79 Å². The highest BCUT2D eigenvalue weighted by atomic mass is 79.9. The molecule has 2 rings (SSSR count). The van der Waals surface area contributed by atoms with Crippen molar-refractivity contribution in [2.75, 3.05) is 0 Å². The first-order chi connectivity index (χ1) is 9.56. The smallest absolute Gasteiger partial charge is 0.244 e. The Kier molecular flexibility index (Phi) is 4.63. The van der Waals surface area contributed by atoms with Gasteiger partial charge in [0.25, 0.3) is 0 Å². The molecule has 0 radical (unpaired) electrons. The van der Waals surface area contributed by atoms with Crippen LogP contribution in [0.1, 0.15) is 11.3 Å². The van der Waals surface area contributed by atoms with E-state index in [4.69, 9.17) is 0 Å². The SMILES string of the molecule is C=C(NNC(=O)Cc1cccn1C)c1cccc(Br)c1. The fourth-order valence-electron chi connectivity index (χ4n) is 1.78. The molecule has 0 fully saturated rings. The van der Waals surface area contributed by atoms with Crippen LogP contribution in [0.25, 0.3) is 5.70 Å². The number of amides is 1. The number of carbonyl (C=O) groups is 1. The number of hydrogen-bond acceptors (Lipinski definition) is 2. The Labute approximate surface area is 126 Å². The molecule has 0 saturated heterocycles. The summed E-state index contributed by atoms with van der Waals surface area (Å²) in [7, 11) is 1.91. The molecule has 4 nitrogen and oxygen atoms in total. The van der Waals surface area contributed by atoms with Gasteiger partial charge in [-0.1, -0.05) is 34.6 Å². The molecule has 0 aliphatic rings. The molecule has 1 aromatic carbocycles. The largest absolute Gasteiger partial charge is 0.354 e. The summed E-state index contributed by atoms with van der Waals surface area (Å²) >= 11 is 3.40. The Hall–Kier alpha value is -2.01. The van der Waals surface area contributed by atoms with Crippen LogP contribution < -0.4 is 10.9 Å². The molecule has 5 heteroatoms. The number of nitrogens with one attached hydrogen (secondary N) is 2. The van der Waals surface area contributed by atoms with E-state index in [1.54, 1.807) is 0 Å². The molecule has 2 aromatic rings. The minimum Gasteiger partial charge on any atom is -0.354 e. The van der Waals surface area contributed by atoms with Crippen LogP contribution in [0, 0.1) is 0 Å². The summed E-state index contributed by atoms with van der Waals surface area (Å²) in [5.41, 5.74) is 8.00. The van der Waals surface area contributed by atoms with E-state index in [9.17, 15) is 4.79 Å². The monoisotopic (exact) mass is 333 g/mol. The highest BCUT2D eigenvalue weighted by Crippen LogP contribution is 2.15. The van der Waals surface area contributed by atoms with E-state index in [2.05, 4.69) is 33.4 Å². The van der Waals surface area contributed by atoms with Gasteiger partial charge in [0, 0.05) is 23.4 Å². The van der Waals surface area contributed by atoms with Crippen molar-refractivity contribution in [3.8, 4) is 0 Å². The summed E-state index contributed by atoms with van der Waals surface area (Å²) in [5, 5.41) is 0. The predicted molar refractivity (Wildman–Crippen MR) is 83.6 cm³/mol. The number of hydrogen-bond donors (Lipinski definition) is 2. The number of benzene rings is 1. The summed E-state index contributed by atoms with van der Waals surface area (Å²) in [5.74, 6) is -0.108. The van der Waals surface area contributed by atoms with Crippen molar-refractivity contribution in [1.82, 2.24) is 15.4 Å². The Balaban J connectivity index is 1.87. The van der Waals surface area contributed by atoms with Gasteiger partial charge in [0.2, 0.25) is 5.91 Å². The highest BCUT2D eigenvalue weighted by Gasteiger charge is 2.06. The molecule has 0 aliphatic carbocycles. The second kappa shape index (κ2) is 6.43. The molecule has 1 aromatic heterocycles. The van der Waals surface area contributed by atoms with Gasteiger partial charge >= 0.3 is 0 Å². The molecule has 0 unspecified atom stereocenters. The lowest BCUT2D eigenvalue weighted by Gasteiger charge is -2.11. The van der Waals surface area contributed by atoms with Gasteiger partial charge in [0.05, 0.1) is 12.1 Å². The number of carbonyl (C=O) groups excluding carboxylic acids is 1. The van der Waals surface area contributed by atoms with E-state index < -0.39 is 0 Å². The third-order valence-corrected chi connectivity index (χ3v) is 3.41. The molecule has 0 saturated carbocycles. The van der Waals surface area contributed by atoms with E-state index in [0.29, 0.717) is 12.1 Å². The number of nitrogens with zero attached hydrogens (tertiary/aromatic N) is 1. The van der Waals surface area contributed by atoms with E-state index >= 15 is 0 Å². The van der Waals surface area contributed by atoms with Crippen molar-refractivity contribution in [3.05, 3.63) is 64.9 Å². The van der Waals surface area contributed by atoms with Crippen LogP contribution in [0.2, 0.25) is 0 Å². The van der Waals surface area contributed by atoms with Gasteiger partial charge in [0.15, 0.2) is 0 Å². The third kappa shape index (κ3) is 3.74. The van der Waals surface area contributed by atoms with E-state index in [1.807, 2.05) is 54.2 Å². The normalized spacial score (nSPS) is 10.1. The highest BCUT2D eigenvalue weighted by molar-refractivity contribution is 9.10. The van der Waals surface area contributed by atoms with Gasteiger partial charge in [-0.25, -0.2) is 0 Å². The molecular formula is C15H16BrN3O. The van der Waals surface area contributed by atoms with Crippen molar-refractivity contribution in [2.45, 2.75) is 6.42 Å². The van der Waals surface area contributed by atoms with Gasteiger partial charge in [-0.15, -0.1) is 0 Å². The summed E-state index contributed by atoms with van der Waals surface area (Å²) in [4.78, 5) is 11.8. The van der Waals surface area contributed by atoms with Gasteiger partial charge in [-0.3, -0.25) is 15.6 Å². The lowest BCUT2D eigenvalue weighted by Crippen LogP contribution is -2.37. The zero-order valence-electron chi connectivity index (χ0n) is 11.2. The minimum atomic E-state index is -0.108. The topological polar surface area (TPSA) is 46.1 Å². The second-order valence-electron chi connectivity index (χ2n) is 4.45. The Morgan fingerprint density at radius 2 is 2.10 bits per heavy atom. The maximum Gasteiger partial charge on any atom is 0.244 e. The van der Waals surface area contributed by atoms with Crippen LogP contribution in [-0.4, -0.2) is 10.5 Å². The molecule has 0 bridgehead atoms. The maximum atomic E-state index is 11.8. The summed E-state index contributed by atoms with van der Waals surface area (Å²) in [6.45, 7) is 3.90. The molecule has 20 heavy (non-hydrogen) atoms. The summed E-state index contributed by atoms with van der Waals surface area (Å²) in [6, 6.07) is 11.5. The maximum absolute atomic E-state index is 11.8. The van der Waals surface area contributed by atoms with Crippen molar-refractivity contribution in [2.24, 2.45) is 7.05 Å². The zero-order valence-corrected chi connectivity index (χ0v) is 12.8. The van der Waals surface area contributed by atoms with E-state index in [1.165, 1.54) is 0 Å². The zero-order chi connectivity index (χ0) is 14.5. The number of halogens is 1. The van der Waals surface area contributed by atoms with Crippen LogP contribution in [-0.2, 0) is 18.3 Å². The molecule has 1 heterocycles. The average Bonchev–Trinajstić information content (AvgIpc) is 2.81. The molecule has 104 valence electrons. The number of aromatic nitrogens is 1. The first-order valence-corrected chi connectivity index (χ1v) is 6.95. The third-order valence-electron chi connectivity index (χ3n) is 2.92. The predicted octanol–water partition coefficient (Wildman–Crippen LogP) is 2.62. The van der Waals surface area contributed by atoms with Gasteiger partial charge in [0.1, 0.15) is 0 Å². The average molecular weight is 334 g/mol.